The monoisotopic (exact) mass is 474 g/mol. The maximum absolute atomic E-state index is 11.6. The number of esters is 1. The topological polar surface area (TPSA) is 118 Å². The van der Waals surface area contributed by atoms with Crippen molar-refractivity contribution >= 4 is 22.1 Å². The van der Waals surface area contributed by atoms with Crippen LogP contribution < -0.4 is 103 Å². The molecule has 0 fully saturated rings. The third-order valence-corrected chi connectivity index (χ3v) is 5.30. The van der Waals surface area contributed by atoms with Gasteiger partial charge in [-0.15, -0.1) is 0 Å². The number of carbonyl (C=O) groups excluding carboxylic acids is 1. The van der Waals surface area contributed by atoms with E-state index in [1.807, 2.05) is 0 Å². The van der Waals surface area contributed by atoms with Gasteiger partial charge >= 0.3 is 115 Å². The minimum atomic E-state index is -4.78. The van der Waals surface area contributed by atoms with Crippen molar-refractivity contribution in [2.24, 2.45) is 0 Å². The van der Waals surface area contributed by atoms with E-state index >= 15 is 0 Å². The Kier molecular flexibility index (Phi) is 27.7. The van der Waals surface area contributed by atoms with Crippen LogP contribution in [0.5, 0.6) is 0 Å². The molecular formula is C18H36K2O7S. The molecule has 0 aromatic carbocycles. The Balaban J connectivity index is -0.000000521. The molecule has 0 radical (unpaired) electrons. The van der Waals surface area contributed by atoms with Gasteiger partial charge in [0.05, 0.1) is 13.0 Å². The van der Waals surface area contributed by atoms with Gasteiger partial charge in [-0.2, -0.15) is 8.42 Å². The Labute approximate surface area is 258 Å². The van der Waals surface area contributed by atoms with Gasteiger partial charge in [0.1, 0.15) is 0 Å². The average molecular weight is 475 g/mol. The van der Waals surface area contributed by atoms with Crippen molar-refractivity contribution < 1.29 is 138 Å². The maximum Gasteiger partial charge on any atom is 1.00 e. The number of ether oxygens (including phenoxy) is 1. The average Bonchev–Trinajstić information content (AvgIpc) is 2.55. The van der Waals surface area contributed by atoms with E-state index in [-0.39, 0.29) is 112 Å². The van der Waals surface area contributed by atoms with E-state index in [4.69, 9.17) is 14.4 Å². The van der Waals surface area contributed by atoms with Crippen LogP contribution in [-0.4, -0.2) is 41.9 Å². The van der Waals surface area contributed by atoms with Crippen LogP contribution in [-0.2, 0) is 24.4 Å². The summed E-state index contributed by atoms with van der Waals surface area (Å²) in [5, 5.41) is 6.54. The summed E-state index contributed by atoms with van der Waals surface area (Å²) in [6, 6.07) is 0. The Bertz CT molecular complexity index is 509. The maximum atomic E-state index is 11.6. The number of unbranched alkanes of at least 4 members (excludes halogenated alkanes) is 11. The van der Waals surface area contributed by atoms with Gasteiger partial charge < -0.3 is 12.7 Å². The zero-order chi connectivity index (χ0) is 19.8. The fourth-order valence-electron chi connectivity index (χ4n) is 2.68. The molecular weight excluding hydrogens is 438 g/mol. The molecule has 1 unspecified atom stereocenters. The van der Waals surface area contributed by atoms with Crippen molar-refractivity contribution in [2.75, 3.05) is 6.61 Å². The Hall–Kier alpha value is 2.12. The standard InChI is InChI=1S/C18H34O7S.2K.2H/c1-2-3-4-5-6-7-8-9-10-11-12-13-14-25-18(21)16(15-17(19)20)26(22,23)24;;;;/h16H,2-15H2,1H3,(H,19,20)(H,22,23,24);;;;/q;2*+1;2*-1. The van der Waals surface area contributed by atoms with Gasteiger partial charge in [0, 0.05) is 0 Å². The molecule has 1 atom stereocenters. The van der Waals surface area contributed by atoms with Crippen molar-refractivity contribution in [1.29, 1.82) is 0 Å². The van der Waals surface area contributed by atoms with Gasteiger partial charge in [0.25, 0.3) is 10.1 Å². The molecule has 0 rings (SSSR count). The molecule has 0 aliphatic carbocycles. The van der Waals surface area contributed by atoms with E-state index in [1.165, 1.54) is 51.4 Å². The minimum absolute atomic E-state index is 0. The summed E-state index contributed by atoms with van der Waals surface area (Å²) in [5.74, 6) is -2.70. The molecule has 0 aliphatic heterocycles. The molecule has 0 aromatic rings. The summed E-state index contributed by atoms with van der Waals surface area (Å²) in [6.45, 7) is 2.24. The van der Waals surface area contributed by atoms with Crippen molar-refractivity contribution in [3.63, 3.8) is 0 Å². The third kappa shape index (κ3) is 21.4. The molecule has 0 saturated carbocycles. The van der Waals surface area contributed by atoms with E-state index in [9.17, 15) is 18.0 Å². The normalized spacial score (nSPS) is 11.8. The van der Waals surface area contributed by atoms with E-state index in [2.05, 4.69) is 6.92 Å². The van der Waals surface area contributed by atoms with Crippen LogP contribution in [0, 0.1) is 0 Å². The SMILES string of the molecule is CCCCCCCCCCCCCCOC(=O)C(CC(=O)O)S(=O)(=O)O.[H-].[H-].[K+].[K+]. The zero-order valence-electron chi connectivity index (χ0n) is 19.8. The van der Waals surface area contributed by atoms with Crippen LogP contribution in [0.25, 0.3) is 0 Å². The second kappa shape index (κ2) is 22.3. The summed E-state index contributed by atoms with van der Waals surface area (Å²) in [6.07, 6.45) is 12.9. The van der Waals surface area contributed by atoms with Crippen molar-refractivity contribution in [2.45, 2.75) is 95.6 Å². The second-order valence-electron chi connectivity index (χ2n) is 6.66. The molecule has 0 bridgehead atoms. The minimum Gasteiger partial charge on any atom is -1.00 e. The predicted octanol–water partition coefficient (Wildman–Crippen LogP) is -1.81. The number of hydrogen-bond donors (Lipinski definition) is 2. The number of hydrogen-bond acceptors (Lipinski definition) is 5. The smallest absolute Gasteiger partial charge is 1.00 e. The number of carbonyl (C=O) groups is 2. The molecule has 0 saturated heterocycles. The van der Waals surface area contributed by atoms with E-state index in [0.717, 1.165) is 19.3 Å². The molecule has 10 heteroatoms. The van der Waals surface area contributed by atoms with Gasteiger partial charge in [0.2, 0.25) is 0 Å². The number of carboxylic acids is 1. The molecule has 0 spiro atoms. The fraction of sp³-hybridized carbons (Fsp3) is 0.889. The zero-order valence-corrected chi connectivity index (χ0v) is 24.9. The number of rotatable bonds is 17. The van der Waals surface area contributed by atoms with Crippen LogP contribution in [0.1, 0.15) is 93.2 Å². The summed E-state index contributed by atoms with van der Waals surface area (Å²) >= 11 is 0. The first kappa shape index (κ1) is 34.7. The van der Waals surface area contributed by atoms with Gasteiger partial charge in [-0.3, -0.25) is 14.1 Å². The van der Waals surface area contributed by atoms with E-state index in [0.29, 0.717) is 6.42 Å². The van der Waals surface area contributed by atoms with Gasteiger partial charge in [-0.05, 0) is 6.42 Å². The molecule has 0 amide bonds. The Morgan fingerprint density at radius 1 is 0.857 bits per heavy atom. The van der Waals surface area contributed by atoms with Gasteiger partial charge in [-0.25, -0.2) is 0 Å². The van der Waals surface area contributed by atoms with E-state index < -0.39 is 33.7 Å². The first-order valence-corrected chi connectivity index (χ1v) is 11.1. The van der Waals surface area contributed by atoms with E-state index in [1.54, 1.807) is 0 Å². The first-order valence-electron chi connectivity index (χ1n) is 9.63. The van der Waals surface area contributed by atoms with Crippen LogP contribution in [0.2, 0.25) is 0 Å². The van der Waals surface area contributed by atoms with Crippen LogP contribution in [0.3, 0.4) is 0 Å². The molecule has 2 N–H and O–H groups in total. The third-order valence-electron chi connectivity index (χ3n) is 4.22. The Morgan fingerprint density at radius 3 is 1.61 bits per heavy atom. The summed E-state index contributed by atoms with van der Waals surface area (Å²) in [5.41, 5.74) is 0. The van der Waals surface area contributed by atoms with Crippen LogP contribution in [0.4, 0.5) is 0 Å². The fourth-order valence-corrected chi connectivity index (χ4v) is 3.34. The Morgan fingerprint density at radius 2 is 1.25 bits per heavy atom. The summed E-state index contributed by atoms with van der Waals surface area (Å²) < 4.78 is 35.8. The molecule has 158 valence electrons. The molecule has 0 aromatic heterocycles. The molecule has 7 nitrogen and oxygen atoms in total. The number of carboxylic acid groups (broad SMARTS) is 1. The first-order chi connectivity index (χ1) is 12.3. The largest absolute Gasteiger partial charge is 1.00 e. The van der Waals surface area contributed by atoms with Gasteiger partial charge in [0.15, 0.2) is 5.25 Å². The molecule has 0 heterocycles. The van der Waals surface area contributed by atoms with Crippen LogP contribution in [0.15, 0.2) is 0 Å². The number of aliphatic carboxylic acids is 1. The second-order valence-corrected chi connectivity index (χ2v) is 8.26. The predicted molar refractivity (Wildman–Crippen MR) is 102 cm³/mol. The summed E-state index contributed by atoms with van der Waals surface area (Å²) in [7, 11) is -4.78. The molecule has 0 aliphatic rings. The summed E-state index contributed by atoms with van der Waals surface area (Å²) in [4.78, 5) is 22.2. The van der Waals surface area contributed by atoms with Crippen molar-refractivity contribution in [1.82, 2.24) is 0 Å². The van der Waals surface area contributed by atoms with Gasteiger partial charge in [-0.1, -0.05) is 77.6 Å². The van der Waals surface area contributed by atoms with Crippen molar-refractivity contribution in [3.8, 4) is 0 Å². The van der Waals surface area contributed by atoms with Crippen LogP contribution >= 0.6 is 0 Å². The van der Waals surface area contributed by atoms with Crippen molar-refractivity contribution in [3.05, 3.63) is 0 Å². The molecule has 28 heavy (non-hydrogen) atoms. The quantitative estimate of drug-likeness (QED) is 0.110.